The van der Waals surface area contributed by atoms with E-state index in [1.54, 1.807) is 0 Å². The number of hydrogen-bond acceptors (Lipinski definition) is 2. The van der Waals surface area contributed by atoms with Crippen LogP contribution >= 0.6 is 0 Å². The largest absolute Gasteiger partial charge is 0.481 e. The normalized spacial score (nSPS) is 39.4. The van der Waals surface area contributed by atoms with Crippen molar-refractivity contribution in [3.8, 4) is 0 Å². The predicted molar refractivity (Wildman–Crippen MR) is 124 cm³/mol. The molecular formula is C28H40O3. The summed E-state index contributed by atoms with van der Waals surface area (Å²) in [5, 5.41) is 10.1. The Hall–Kier alpha value is -1.64. The molecule has 0 amide bonds. The van der Waals surface area contributed by atoms with Crippen LogP contribution in [0.25, 0.3) is 0 Å². The Balaban J connectivity index is 1.67. The molecule has 0 aromatic heterocycles. The maximum absolute atomic E-state index is 12.3. The molecule has 3 heteroatoms. The number of carboxylic acid groups (broad SMARTS) is 1. The first kappa shape index (κ1) is 22.6. The van der Waals surface area contributed by atoms with Crippen molar-refractivity contribution in [2.24, 2.45) is 46.3 Å². The topological polar surface area (TPSA) is 54.4 Å². The van der Waals surface area contributed by atoms with Gasteiger partial charge in [-0.05, 0) is 78.1 Å². The lowest BCUT2D eigenvalue weighted by Gasteiger charge is -2.53. The monoisotopic (exact) mass is 424 g/mol. The Labute approximate surface area is 188 Å². The maximum Gasteiger partial charge on any atom is 0.310 e. The zero-order valence-corrected chi connectivity index (χ0v) is 20.0. The van der Waals surface area contributed by atoms with Gasteiger partial charge in [-0.2, -0.15) is 0 Å². The van der Waals surface area contributed by atoms with E-state index < -0.39 is 11.9 Å². The van der Waals surface area contributed by atoms with Gasteiger partial charge >= 0.3 is 5.97 Å². The molecule has 0 unspecified atom stereocenters. The van der Waals surface area contributed by atoms with Gasteiger partial charge in [-0.3, -0.25) is 9.59 Å². The van der Waals surface area contributed by atoms with Crippen molar-refractivity contribution >= 4 is 11.8 Å². The second-order valence-electron chi connectivity index (χ2n) is 11.7. The molecule has 4 aliphatic carbocycles. The Morgan fingerprint density at radius 2 is 1.87 bits per heavy atom. The zero-order chi connectivity index (χ0) is 22.6. The summed E-state index contributed by atoms with van der Waals surface area (Å²) in [7, 11) is 0. The minimum absolute atomic E-state index is 0.0294. The van der Waals surface area contributed by atoms with Gasteiger partial charge in [0.1, 0.15) is 5.78 Å². The molecule has 2 fully saturated rings. The second kappa shape index (κ2) is 8.05. The van der Waals surface area contributed by atoms with Gasteiger partial charge in [-0.15, -0.1) is 0 Å². The minimum Gasteiger partial charge on any atom is -0.481 e. The average Bonchev–Trinajstić information content (AvgIpc) is 3.05. The fourth-order valence-electron chi connectivity index (χ4n) is 7.25. The average molecular weight is 425 g/mol. The Morgan fingerprint density at radius 1 is 1.13 bits per heavy atom. The van der Waals surface area contributed by atoms with Crippen molar-refractivity contribution in [3.63, 3.8) is 0 Å². The Kier molecular flexibility index (Phi) is 5.85. The van der Waals surface area contributed by atoms with Crippen LogP contribution in [0, 0.1) is 46.3 Å². The number of Topliss-reactive ketones (excluding diaryl/α,β-unsaturated/α-hetero) is 1. The third-order valence-corrected chi connectivity index (χ3v) is 9.82. The summed E-state index contributed by atoms with van der Waals surface area (Å²) >= 11 is 0. The highest BCUT2D eigenvalue weighted by Gasteiger charge is 2.55. The molecule has 0 aliphatic heterocycles. The van der Waals surface area contributed by atoms with E-state index >= 15 is 0 Å². The summed E-state index contributed by atoms with van der Waals surface area (Å²) in [6.07, 6.45) is 15.4. The highest BCUT2D eigenvalue weighted by atomic mass is 16.4. The summed E-state index contributed by atoms with van der Waals surface area (Å²) in [5.41, 5.74) is 3.17. The quantitative estimate of drug-likeness (QED) is 0.506. The van der Waals surface area contributed by atoms with Gasteiger partial charge in [-0.25, -0.2) is 0 Å². The highest BCUT2D eigenvalue weighted by molar-refractivity contribution is 5.80. The molecule has 0 aromatic rings. The van der Waals surface area contributed by atoms with Crippen molar-refractivity contribution in [1.82, 2.24) is 0 Å². The second-order valence-corrected chi connectivity index (χ2v) is 11.7. The van der Waals surface area contributed by atoms with Crippen LogP contribution in [0.5, 0.6) is 0 Å². The Bertz CT molecular complexity index is 846. The molecule has 31 heavy (non-hydrogen) atoms. The number of carboxylic acids is 1. The number of hydrogen-bond donors (Lipinski definition) is 1. The number of rotatable bonds is 5. The molecule has 0 radical (unpaired) electrons. The molecule has 0 spiro atoms. The molecule has 4 aliphatic rings. The van der Waals surface area contributed by atoms with E-state index in [1.807, 2.05) is 6.08 Å². The van der Waals surface area contributed by atoms with Crippen molar-refractivity contribution in [3.05, 3.63) is 35.5 Å². The molecule has 2 saturated carbocycles. The van der Waals surface area contributed by atoms with Gasteiger partial charge in [0.25, 0.3) is 0 Å². The minimum atomic E-state index is -0.677. The van der Waals surface area contributed by atoms with Crippen LogP contribution < -0.4 is 0 Å². The predicted octanol–water partition coefficient (Wildman–Crippen LogP) is 6.60. The molecule has 0 aromatic carbocycles. The van der Waals surface area contributed by atoms with Crippen molar-refractivity contribution in [2.45, 2.75) is 79.6 Å². The SMILES string of the molecule is CC(C)[C@H](C)/C=C/[C@@H](C(=O)O)[C@H]1CCC2=C3C=C[C@H]4CC(=O)CC[C@]4(C)[C@H]3CC[C@@]21C. The molecule has 4 rings (SSSR count). The van der Waals surface area contributed by atoms with Crippen LogP contribution in [0.1, 0.15) is 79.6 Å². The highest BCUT2D eigenvalue weighted by Crippen LogP contribution is 2.64. The number of carbonyl (C=O) groups excluding carboxylic acids is 1. The van der Waals surface area contributed by atoms with Gasteiger partial charge in [-0.1, -0.05) is 64.5 Å². The summed E-state index contributed by atoms with van der Waals surface area (Å²) in [6.45, 7) is 11.3. The fourth-order valence-corrected chi connectivity index (χ4v) is 7.25. The fraction of sp³-hybridized carbons (Fsp3) is 0.714. The molecule has 0 heterocycles. The van der Waals surface area contributed by atoms with E-state index in [9.17, 15) is 14.7 Å². The van der Waals surface area contributed by atoms with Crippen LogP contribution in [-0.4, -0.2) is 16.9 Å². The van der Waals surface area contributed by atoms with Crippen LogP contribution in [0.15, 0.2) is 35.5 Å². The lowest BCUT2D eigenvalue weighted by molar-refractivity contribution is -0.143. The molecular weight excluding hydrogens is 384 g/mol. The van der Waals surface area contributed by atoms with Crippen molar-refractivity contribution in [2.75, 3.05) is 0 Å². The molecule has 3 nitrogen and oxygen atoms in total. The van der Waals surface area contributed by atoms with E-state index in [2.05, 4.69) is 52.8 Å². The third-order valence-electron chi connectivity index (χ3n) is 9.82. The van der Waals surface area contributed by atoms with E-state index in [0.717, 1.165) is 38.5 Å². The summed E-state index contributed by atoms with van der Waals surface area (Å²) < 4.78 is 0. The van der Waals surface area contributed by atoms with Crippen LogP contribution in [0.3, 0.4) is 0 Å². The van der Waals surface area contributed by atoms with Gasteiger partial charge < -0.3 is 5.11 Å². The van der Waals surface area contributed by atoms with Gasteiger partial charge in [0.15, 0.2) is 0 Å². The Morgan fingerprint density at radius 3 is 2.55 bits per heavy atom. The number of aliphatic carboxylic acids is 1. The first-order valence-electron chi connectivity index (χ1n) is 12.4. The first-order valence-corrected chi connectivity index (χ1v) is 12.4. The van der Waals surface area contributed by atoms with Gasteiger partial charge in [0, 0.05) is 12.8 Å². The summed E-state index contributed by atoms with van der Waals surface area (Å²) in [5.74, 6) is 1.28. The van der Waals surface area contributed by atoms with Gasteiger partial charge in [0.05, 0.1) is 5.92 Å². The van der Waals surface area contributed by atoms with Crippen molar-refractivity contribution in [1.29, 1.82) is 0 Å². The molecule has 1 N–H and O–H groups in total. The first-order chi connectivity index (χ1) is 14.6. The lowest BCUT2D eigenvalue weighted by Crippen LogP contribution is -2.46. The smallest absolute Gasteiger partial charge is 0.310 e. The molecule has 170 valence electrons. The standard InChI is InChI=1S/C28H40O3/c1-17(2)18(3)6-8-22(26(30)31)24-11-10-23-21-9-7-19-16-20(29)12-14-27(19,4)25(21)13-15-28(23,24)5/h6-9,17-19,22,24-25H,10-16H2,1-5H3,(H,30,31)/b8-6+/t18-,19+,22-,24-,25+,27+,28+/m1/s1. The van der Waals surface area contributed by atoms with E-state index in [-0.39, 0.29) is 16.7 Å². The number of allylic oxidation sites excluding steroid dienone is 5. The zero-order valence-electron chi connectivity index (χ0n) is 20.0. The molecule has 0 saturated heterocycles. The number of fused-ring (bicyclic) bond motifs is 4. The summed E-state index contributed by atoms with van der Waals surface area (Å²) in [4.78, 5) is 24.4. The van der Waals surface area contributed by atoms with Crippen LogP contribution in [0.2, 0.25) is 0 Å². The van der Waals surface area contributed by atoms with Crippen molar-refractivity contribution < 1.29 is 14.7 Å². The van der Waals surface area contributed by atoms with E-state index in [0.29, 0.717) is 35.9 Å². The summed E-state index contributed by atoms with van der Waals surface area (Å²) in [6, 6.07) is 0. The van der Waals surface area contributed by atoms with E-state index in [1.165, 1.54) is 11.1 Å². The van der Waals surface area contributed by atoms with E-state index in [4.69, 9.17) is 0 Å². The molecule has 0 bridgehead atoms. The van der Waals surface area contributed by atoms with Gasteiger partial charge in [0.2, 0.25) is 0 Å². The third kappa shape index (κ3) is 3.66. The van der Waals surface area contributed by atoms with Crippen LogP contribution in [0.4, 0.5) is 0 Å². The number of carbonyl (C=O) groups is 2. The molecule has 7 atom stereocenters. The van der Waals surface area contributed by atoms with Crippen LogP contribution in [-0.2, 0) is 9.59 Å². The lowest BCUT2D eigenvalue weighted by atomic mass is 9.51. The maximum atomic E-state index is 12.3. The number of ketones is 1.